The summed E-state index contributed by atoms with van der Waals surface area (Å²) in [5, 5.41) is 21.6. The molecule has 2 N–H and O–H groups in total. The second-order valence-electron chi connectivity index (χ2n) is 7.51. The standard InChI is InChI=1S/C22H24N2O5S/c1-22(2,3)21-18(10-6-11-19(21)30(27,28)13-7-12-23)29-15-20(26)24-17-9-5-4-8-16(17)14-25/h4-11,13,25H,14-15H2,1-3H3,(H,24,26)/b13-7+. The fourth-order valence-electron chi connectivity index (χ4n) is 2.91. The molecule has 7 nitrogen and oxygen atoms in total. The topological polar surface area (TPSA) is 116 Å². The number of carbonyl (C=O) groups is 1. The monoisotopic (exact) mass is 428 g/mol. The van der Waals surface area contributed by atoms with Crippen LogP contribution >= 0.6 is 0 Å². The number of rotatable bonds is 7. The van der Waals surface area contributed by atoms with Crippen LogP contribution in [0.3, 0.4) is 0 Å². The van der Waals surface area contributed by atoms with Crippen LogP contribution in [-0.2, 0) is 26.7 Å². The van der Waals surface area contributed by atoms with E-state index in [1.165, 1.54) is 12.1 Å². The van der Waals surface area contributed by atoms with E-state index in [2.05, 4.69) is 5.32 Å². The molecule has 30 heavy (non-hydrogen) atoms. The second-order valence-corrected chi connectivity index (χ2v) is 9.31. The van der Waals surface area contributed by atoms with Crippen LogP contribution in [0, 0.1) is 11.3 Å². The molecule has 0 spiro atoms. The van der Waals surface area contributed by atoms with Crippen molar-refractivity contribution in [2.45, 2.75) is 37.7 Å². The third-order valence-corrected chi connectivity index (χ3v) is 5.63. The predicted molar refractivity (Wildman–Crippen MR) is 114 cm³/mol. The van der Waals surface area contributed by atoms with E-state index in [0.29, 0.717) is 16.8 Å². The predicted octanol–water partition coefficient (Wildman–Crippen LogP) is 3.30. The average Bonchev–Trinajstić information content (AvgIpc) is 2.70. The summed E-state index contributed by atoms with van der Waals surface area (Å²) in [7, 11) is -3.87. The van der Waals surface area contributed by atoms with Crippen LogP contribution < -0.4 is 10.1 Å². The average molecular weight is 429 g/mol. The van der Waals surface area contributed by atoms with Gasteiger partial charge in [0.2, 0.25) is 9.84 Å². The Hall–Kier alpha value is -3.15. The number of aliphatic hydroxyl groups excluding tert-OH is 1. The van der Waals surface area contributed by atoms with Gasteiger partial charge in [-0.15, -0.1) is 0 Å². The zero-order valence-electron chi connectivity index (χ0n) is 17.0. The molecule has 0 atom stereocenters. The summed E-state index contributed by atoms with van der Waals surface area (Å²) in [5.74, 6) is -0.187. The van der Waals surface area contributed by atoms with Crippen molar-refractivity contribution in [3.63, 3.8) is 0 Å². The summed E-state index contributed by atoms with van der Waals surface area (Å²) in [5.41, 5.74) is 0.844. The van der Waals surface area contributed by atoms with E-state index >= 15 is 0 Å². The largest absolute Gasteiger partial charge is 0.483 e. The molecule has 0 fully saturated rings. The molecule has 8 heteroatoms. The van der Waals surface area contributed by atoms with Crippen molar-refractivity contribution < 1.29 is 23.1 Å². The van der Waals surface area contributed by atoms with Crippen LogP contribution in [0.4, 0.5) is 5.69 Å². The number of carbonyl (C=O) groups excluding carboxylic acids is 1. The molecule has 0 aliphatic carbocycles. The molecule has 2 aromatic carbocycles. The van der Waals surface area contributed by atoms with Gasteiger partial charge >= 0.3 is 0 Å². The Kier molecular flexibility index (Phi) is 7.38. The van der Waals surface area contributed by atoms with Gasteiger partial charge in [-0.05, 0) is 23.6 Å². The Balaban J connectivity index is 2.32. The van der Waals surface area contributed by atoms with Gasteiger partial charge in [0.05, 0.1) is 17.6 Å². The van der Waals surface area contributed by atoms with Crippen LogP contribution in [0.1, 0.15) is 31.9 Å². The van der Waals surface area contributed by atoms with Crippen molar-refractivity contribution in [1.82, 2.24) is 0 Å². The van der Waals surface area contributed by atoms with Gasteiger partial charge in [-0.3, -0.25) is 4.79 Å². The Morgan fingerprint density at radius 2 is 1.90 bits per heavy atom. The highest BCUT2D eigenvalue weighted by molar-refractivity contribution is 7.94. The fraction of sp³-hybridized carbons (Fsp3) is 0.273. The van der Waals surface area contributed by atoms with E-state index in [1.54, 1.807) is 36.4 Å². The first-order chi connectivity index (χ1) is 14.1. The summed E-state index contributed by atoms with van der Waals surface area (Å²) in [6.45, 7) is 4.93. The third-order valence-electron chi connectivity index (χ3n) is 4.19. The Morgan fingerprint density at radius 1 is 1.20 bits per heavy atom. The number of hydrogen-bond donors (Lipinski definition) is 2. The molecule has 0 unspecified atom stereocenters. The lowest BCUT2D eigenvalue weighted by molar-refractivity contribution is -0.118. The quantitative estimate of drug-likeness (QED) is 0.654. The van der Waals surface area contributed by atoms with Crippen LogP contribution in [-0.4, -0.2) is 26.0 Å². The highest BCUT2D eigenvalue weighted by Crippen LogP contribution is 2.37. The maximum absolute atomic E-state index is 12.7. The molecule has 0 saturated heterocycles. The molecular weight excluding hydrogens is 404 g/mol. The second kappa shape index (κ2) is 9.57. The Labute approximate surface area is 176 Å². The van der Waals surface area contributed by atoms with E-state index < -0.39 is 21.2 Å². The molecule has 0 radical (unpaired) electrons. The smallest absolute Gasteiger partial charge is 0.262 e. The summed E-state index contributed by atoms with van der Waals surface area (Å²) in [6, 6.07) is 13.1. The lowest BCUT2D eigenvalue weighted by atomic mass is 9.86. The van der Waals surface area contributed by atoms with E-state index in [-0.39, 0.29) is 23.9 Å². The number of nitrogens with zero attached hydrogens (tertiary/aromatic N) is 1. The number of nitriles is 1. The van der Waals surface area contributed by atoms with Gasteiger partial charge in [-0.1, -0.05) is 45.0 Å². The summed E-state index contributed by atoms with van der Waals surface area (Å²) >= 11 is 0. The van der Waals surface area contributed by atoms with E-state index in [9.17, 15) is 18.3 Å². The van der Waals surface area contributed by atoms with Crippen molar-refractivity contribution in [3.8, 4) is 11.8 Å². The Morgan fingerprint density at radius 3 is 2.53 bits per heavy atom. The van der Waals surface area contributed by atoms with Crippen LogP contribution in [0.15, 0.2) is 58.8 Å². The van der Waals surface area contributed by atoms with Gasteiger partial charge in [0.25, 0.3) is 5.91 Å². The molecule has 1 amide bonds. The van der Waals surface area contributed by atoms with Gasteiger partial charge in [0.15, 0.2) is 6.61 Å². The van der Waals surface area contributed by atoms with Crippen molar-refractivity contribution in [1.29, 1.82) is 5.26 Å². The molecule has 0 aromatic heterocycles. The molecule has 158 valence electrons. The lowest BCUT2D eigenvalue weighted by Gasteiger charge is -2.25. The first kappa shape index (κ1) is 23.1. The molecule has 0 saturated carbocycles. The summed E-state index contributed by atoms with van der Waals surface area (Å²) in [4.78, 5) is 12.4. The Bertz CT molecular complexity index is 1090. The molecule has 2 rings (SSSR count). The maximum Gasteiger partial charge on any atom is 0.262 e. The zero-order chi connectivity index (χ0) is 22.4. The number of anilines is 1. The molecule has 2 aromatic rings. The highest BCUT2D eigenvalue weighted by Gasteiger charge is 2.28. The minimum Gasteiger partial charge on any atom is -0.483 e. The number of ether oxygens (including phenoxy) is 1. The fourth-order valence-corrected chi connectivity index (χ4v) is 4.26. The number of benzene rings is 2. The van der Waals surface area contributed by atoms with Crippen molar-refractivity contribution in [3.05, 3.63) is 65.1 Å². The molecule has 0 aliphatic heterocycles. The normalized spacial score (nSPS) is 11.8. The van der Waals surface area contributed by atoms with E-state index in [1.807, 2.05) is 20.8 Å². The first-order valence-electron chi connectivity index (χ1n) is 9.16. The highest BCUT2D eigenvalue weighted by atomic mass is 32.2. The van der Waals surface area contributed by atoms with Gasteiger partial charge in [-0.2, -0.15) is 5.26 Å². The number of nitrogens with one attached hydrogen (secondary N) is 1. The van der Waals surface area contributed by atoms with Crippen LogP contribution in [0.2, 0.25) is 0 Å². The molecule has 0 aliphatic rings. The van der Waals surface area contributed by atoms with Crippen LogP contribution in [0.25, 0.3) is 0 Å². The third kappa shape index (κ3) is 5.69. The maximum atomic E-state index is 12.7. The van der Waals surface area contributed by atoms with Gasteiger partial charge in [-0.25, -0.2) is 8.42 Å². The minimum absolute atomic E-state index is 0.0186. The van der Waals surface area contributed by atoms with Crippen molar-refractivity contribution in [2.24, 2.45) is 0 Å². The molecular formula is C22H24N2O5S. The van der Waals surface area contributed by atoms with Crippen LogP contribution in [0.5, 0.6) is 5.75 Å². The van der Waals surface area contributed by atoms with Gasteiger partial charge < -0.3 is 15.2 Å². The van der Waals surface area contributed by atoms with Gasteiger partial charge in [0.1, 0.15) is 5.75 Å². The molecule has 0 heterocycles. The number of para-hydroxylation sites is 1. The number of hydrogen-bond acceptors (Lipinski definition) is 6. The first-order valence-corrected chi connectivity index (χ1v) is 10.7. The SMILES string of the molecule is CC(C)(C)c1c(OCC(=O)Nc2ccccc2CO)cccc1S(=O)(=O)/C=C/C#N. The summed E-state index contributed by atoms with van der Waals surface area (Å²) < 4.78 is 31.0. The lowest BCUT2D eigenvalue weighted by Crippen LogP contribution is -2.23. The number of allylic oxidation sites excluding steroid dienone is 1. The number of sulfone groups is 1. The minimum atomic E-state index is -3.87. The zero-order valence-corrected chi connectivity index (χ0v) is 17.9. The van der Waals surface area contributed by atoms with E-state index in [0.717, 1.165) is 11.5 Å². The summed E-state index contributed by atoms with van der Waals surface area (Å²) in [6.07, 6.45) is 0.904. The van der Waals surface area contributed by atoms with E-state index in [4.69, 9.17) is 10.00 Å². The van der Waals surface area contributed by atoms with Crippen molar-refractivity contribution in [2.75, 3.05) is 11.9 Å². The van der Waals surface area contributed by atoms with Crippen molar-refractivity contribution >= 4 is 21.4 Å². The number of amides is 1. The van der Waals surface area contributed by atoms with Gasteiger partial charge in [0, 0.05) is 28.3 Å². The molecule has 0 bridgehead atoms. The number of aliphatic hydroxyl groups is 1.